The SMILES string of the molecule is CCCCN(CCCC)Cc1ncsn1. The minimum absolute atomic E-state index is 0.920. The van der Waals surface area contributed by atoms with Crippen molar-refractivity contribution in [2.45, 2.75) is 46.1 Å². The Morgan fingerprint density at radius 1 is 1.20 bits per heavy atom. The quantitative estimate of drug-likeness (QED) is 0.683. The lowest BCUT2D eigenvalue weighted by Gasteiger charge is -2.20. The van der Waals surface area contributed by atoms with Gasteiger partial charge in [0.15, 0.2) is 5.82 Å². The fourth-order valence-corrected chi connectivity index (χ4v) is 1.94. The van der Waals surface area contributed by atoms with Crippen molar-refractivity contribution < 1.29 is 0 Å². The van der Waals surface area contributed by atoms with Gasteiger partial charge in [-0.1, -0.05) is 26.7 Å². The van der Waals surface area contributed by atoms with E-state index in [9.17, 15) is 0 Å². The lowest BCUT2D eigenvalue weighted by atomic mass is 10.2. The van der Waals surface area contributed by atoms with Crippen LogP contribution in [0.1, 0.15) is 45.4 Å². The monoisotopic (exact) mass is 227 g/mol. The zero-order valence-electron chi connectivity index (χ0n) is 9.78. The average molecular weight is 227 g/mol. The average Bonchev–Trinajstić information content (AvgIpc) is 2.74. The van der Waals surface area contributed by atoms with Crippen molar-refractivity contribution in [2.75, 3.05) is 13.1 Å². The minimum Gasteiger partial charge on any atom is -0.296 e. The summed E-state index contributed by atoms with van der Waals surface area (Å²) in [4.78, 5) is 6.71. The van der Waals surface area contributed by atoms with Crippen LogP contribution in [0.3, 0.4) is 0 Å². The van der Waals surface area contributed by atoms with E-state index in [0.29, 0.717) is 0 Å². The van der Waals surface area contributed by atoms with Gasteiger partial charge in [0.2, 0.25) is 0 Å². The minimum atomic E-state index is 0.920. The molecule has 0 unspecified atom stereocenters. The van der Waals surface area contributed by atoms with E-state index in [1.165, 1.54) is 50.3 Å². The first-order valence-corrected chi connectivity index (χ1v) is 6.68. The molecule has 0 atom stereocenters. The van der Waals surface area contributed by atoms with Crippen LogP contribution in [0.25, 0.3) is 0 Å². The Morgan fingerprint density at radius 2 is 1.87 bits per heavy atom. The van der Waals surface area contributed by atoms with Gasteiger partial charge in [0, 0.05) is 0 Å². The van der Waals surface area contributed by atoms with Gasteiger partial charge in [0.05, 0.1) is 6.54 Å². The maximum atomic E-state index is 4.26. The molecule has 3 nitrogen and oxygen atoms in total. The molecule has 0 aromatic carbocycles. The van der Waals surface area contributed by atoms with E-state index in [-0.39, 0.29) is 0 Å². The topological polar surface area (TPSA) is 29.0 Å². The van der Waals surface area contributed by atoms with Gasteiger partial charge >= 0.3 is 0 Å². The highest BCUT2D eigenvalue weighted by Crippen LogP contribution is 2.05. The molecule has 1 aromatic rings. The number of rotatable bonds is 8. The summed E-state index contributed by atoms with van der Waals surface area (Å²) < 4.78 is 4.26. The summed E-state index contributed by atoms with van der Waals surface area (Å²) in [6, 6.07) is 0. The zero-order valence-corrected chi connectivity index (χ0v) is 10.6. The van der Waals surface area contributed by atoms with Crippen LogP contribution in [-0.4, -0.2) is 27.3 Å². The van der Waals surface area contributed by atoms with Crippen LogP contribution in [-0.2, 0) is 6.54 Å². The summed E-state index contributed by atoms with van der Waals surface area (Å²) in [6.07, 6.45) is 5.06. The molecule has 0 spiro atoms. The molecule has 1 rings (SSSR count). The third kappa shape index (κ3) is 5.23. The number of hydrogen-bond acceptors (Lipinski definition) is 4. The van der Waals surface area contributed by atoms with Crippen LogP contribution in [0.15, 0.2) is 5.51 Å². The molecule has 0 aliphatic rings. The van der Waals surface area contributed by atoms with E-state index >= 15 is 0 Å². The molecular weight excluding hydrogens is 206 g/mol. The first-order chi connectivity index (χ1) is 7.36. The van der Waals surface area contributed by atoms with E-state index in [2.05, 4.69) is 28.1 Å². The molecule has 0 bridgehead atoms. The van der Waals surface area contributed by atoms with Crippen LogP contribution in [0.2, 0.25) is 0 Å². The van der Waals surface area contributed by atoms with Gasteiger partial charge in [-0.05, 0) is 37.5 Å². The highest BCUT2D eigenvalue weighted by molar-refractivity contribution is 7.03. The van der Waals surface area contributed by atoms with E-state index in [0.717, 1.165) is 12.4 Å². The smallest absolute Gasteiger partial charge is 0.156 e. The third-order valence-corrected chi connectivity index (χ3v) is 2.94. The molecule has 0 saturated carbocycles. The van der Waals surface area contributed by atoms with Gasteiger partial charge in [-0.25, -0.2) is 4.98 Å². The predicted octanol–water partition coefficient (Wildman–Crippen LogP) is 2.94. The Labute approximate surface area is 96.7 Å². The van der Waals surface area contributed by atoms with Gasteiger partial charge in [-0.2, -0.15) is 4.37 Å². The molecule has 0 aliphatic carbocycles. The first-order valence-electron chi connectivity index (χ1n) is 5.84. The second-order valence-corrected chi connectivity index (χ2v) is 4.43. The van der Waals surface area contributed by atoms with Crippen molar-refractivity contribution in [2.24, 2.45) is 0 Å². The lowest BCUT2D eigenvalue weighted by Crippen LogP contribution is -2.26. The molecule has 0 amide bonds. The molecule has 0 saturated heterocycles. The zero-order chi connectivity index (χ0) is 10.9. The Hall–Kier alpha value is -0.480. The maximum absolute atomic E-state index is 4.26. The Kier molecular flexibility index (Phi) is 6.52. The van der Waals surface area contributed by atoms with Crippen LogP contribution >= 0.6 is 11.5 Å². The van der Waals surface area contributed by atoms with Crippen molar-refractivity contribution >= 4 is 11.5 Å². The van der Waals surface area contributed by atoms with Crippen molar-refractivity contribution in [1.82, 2.24) is 14.3 Å². The number of hydrogen-bond donors (Lipinski definition) is 0. The van der Waals surface area contributed by atoms with E-state index in [1.54, 1.807) is 0 Å². The Morgan fingerprint density at radius 3 is 2.33 bits per heavy atom. The second-order valence-electron chi connectivity index (χ2n) is 3.83. The van der Waals surface area contributed by atoms with Gasteiger partial charge in [-0.3, -0.25) is 4.90 Å². The van der Waals surface area contributed by atoms with Crippen LogP contribution in [0.5, 0.6) is 0 Å². The molecule has 0 aliphatic heterocycles. The second kappa shape index (κ2) is 7.77. The summed E-state index contributed by atoms with van der Waals surface area (Å²) in [5.74, 6) is 0.979. The molecular formula is C11H21N3S. The van der Waals surface area contributed by atoms with Gasteiger partial charge in [0.25, 0.3) is 0 Å². The largest absolute Gasteiger partial charge is 0.296 e. The molecule has 0 N–H and O–H groups in total. The van der Waals surface area contributed by atoms with Gasteiger partial charge in [0.1, 0.15) is 5.51 Å². The molecule has 86 valence electrons. The highest BCUT2D eigenvalue weighted by atomic mass is 32.1. The predicted molar refractivity (Wildman–Crippen MR) is 65.0 cm³/mol. The number of aromatic nitrogens is 2. The Bertz CT molecular complexity index is 228. The maximum Gasteiger partial charge on any atom is 0.156 e. The fourth-order valence-electron chi connectivity index (χ4n) is 1.50. The van der Waals surface area contributed by atoms with Crippen molar-refractivity contribution in [3.8, 4) is 0 Å². The van der Waals surface area contributed by atoms with Crippen LogP contribution in [0, 0.1) is 0 Å². The summed E-state index contributed by atoms with van der Waals surface area (Å²) in [5, 5.41) is 0. The molecule has 15 heavy (non-hydrogen) atoms. The number of nitrogens with zero attached hydrogens (tertiary/aromatic N) is 3. The van der Waals surface area contributed by atoms with Crippen molar-refractivity contribution in [3.05, 3.63) is 11.3 Å². The summed E-state index contributed by atoms with van der Waals surface area (Å²) in [6.45, 7) is 7.74. The normalized spacial score (nSPS) is 11.1. The lowest BCUT2D eigenvalue weighted by molar-refractivity contribution is 0.252. The molecule has 0 fully saturated rings. The molecule has 0 radical (unpaired) electrons. The highest BCUT2D eigenvalue weighted by Gasteiger charge is 2.06. The summed E-state index contributed by atoms with van der Waals surface area (Å²) >= 11 is 1.44. The Balaban J connectivity index is 2.33. The molecule has 4 heteroatoms. The van der Waals surface area contributed by atoms with Crippen molar-refractivity contribution in [3.63, 3.8) is 0 Å². The molecule has 1 heterocycles. The van der Waals surface area contributed by atoms with Crippen molar-refractivity contribution in [1.29, 1.82) is 0 Å². The standard InChI is InChI=1S/C11H21N3S/c1-3-5-7-14(8-6-4-2)9-11-12-10-15-13-11/h10H,3-9H2,1-2H3. The van der Waals surface area contributed by atoms with E-state index < -0.39 is 0 Å². The molecule has 1 aromatic heterocycles. The first kappa shape index (κ1) is 12.6. The van der Waals surface area contributed by atoms with Gasteiger partial charge < -0.3 is 0 Å². The fraction of sp³-hybridized carbons (Fsp3) is 0.818. The van der Waals surface area contributed by atoms with Crippen LogP contribution in [0.4, 0.5) is 0 Å². The van der Waals surface area contributed by atoms with E-state index in [4.69, 9.17) is 0 Å². The van der Waals surface area contributed by atoms with E-state index in [1.807, 2.05) is 5.51 Å². The summed E-state index contributed by atoms with van der Waals surface area (Å²) in [7, 11) is 0. The van der Waals surface area contributed by atoms with Gasteiger partial charge in [-0.15, -0.1) is 0 Å². The number of unbranched alkanes of at least 4 members (excludes halogenated alkanes) is 2. The van der Waals surface area contributed by atoms with Crippen LogP contribution < -0.4 is 0 Å². The summed E-state index contributed by atoms with van der Waals surface area (Å²) in [5.41, 5.74) is 1.81. The third-order valence-electron chi connectivity index (χ3n) is 2.43.